The van der Waals surface area contributed by atoms with E-state index in [2.05, 4.69) is 15.3 Å². The molecule has 0 atom stereocenters. The summed E-state index contributed by atoms with van der Waals surface area (Å²) >= 11 is 0. The molecular formula is C14H19N5O2. The van der Waals surface area contributed by atoms with Crippen LogP contribution < -0.4 is 16.6 Å². The number of ether oxygens (including phenoxy) is 1. The van der Waals surface area contributed by atoms with E-state index < -0.39 is 0 Å². The third-order valence-electron chi connectivity index (χ3n) is 3.75. The van der Waals surface area contributed by atoms with Gasteiger partial charge in [0.1, 0.15) is 5.65 Å². The molecule has 3 heterocycles. The first-order valence-electron chi connectivity index (χ1n) is 7.19. The summed E-state index contributed by atoms with van der Waals surface area (Å²) in [6.07, 6.45) is 3.53. The number of nitrogen functional groups attached to an aromatic ring is 1. The highest BCUT2D eigenvalue weighted by Gasteiger charge is 2.15. The molecule has 2 aromatic rings. The van der Waals surface area contributed by atoms with E-state index in [0.29, 0.717) is 35.3 Å². The Kier molecular flexibility index (Phi) is 3.74. The number of pyridine rings is 1. The monoisotopic (exact) mass is 289 g/mol. The summed E-state index contributed by atoms with van der Waals surface area (Å²) in [7, 11) is 0. The summed E-state index contributed by atoms with van der Waals surface area (Å²) in [4.78, 5) is 20.8. The number of nitrogens with two attached hydrogens (primary N) is 1. The summed E-state index contributed by atoms with van der Waals surface area (Å²) < 4.78 is 6.93. The fraction of sp³-hybridized carbons (Fsp3) is 0.500. The summed E-state index contributed by atoms with van der Waals surface area (Å²) in [5.74, 6) is 0.529. The van der Waals surface area contributed by atoms with Gasteiger partial charge in [0.25, 0.3) is 5.56 Å². The Morgan fingerprint density at radius 2 is 2.24 bits per heavy atom. The lowest BCUT2D eigenvalue weighted by molar-refractivity contribution is 0.0903. The Balaban J connectivity index is 2.00. The molecule has 1 fully saturated rings. The molecule has 1 aliphatic rings. The number of aryl methyl sites for hydroxylation is 1. The number of hydrogen-bond donors (Lipinski definition) is 2. The number of nitrogens with one attached hydrogen (secondary N) is 1. The highest BCUT2D eigenvalue weighted by Crippen LogP contribution is 2.19. The Hall–Kier alpha value is -2.15. The van der Waals surface area contributed by atoms with Crippen molar-refractivity contribution in [2.24, 2.45) is 0 Å². The van der Waals surface area contributed by atoms with Gasteiger partial charge in [-0.15, -0.1) is 0 Å². The first-order valence-corrected chi connectivity index (χ1v) is 7.19. The van der Waals surface area contributed by atoms with Crippen LogP contribution in [0.15, 0.2) is 17.1 Å². The van der Waals surface area contributed by atoms with Crippen molar-refractivity contribution in [2.45, 2.75) is 32.4 Å². The van der Waals surface area contributed by atoms with E-state index in [9.17, 15) is 4.79 Å². The molecule has 1 saturated heterocycles. The second-order valence-corrected chi connectivity index (χ2v) is 5.14. The molecule has 0 saturated carbocycles. The van der Waals surface area contributed by atoms with Gasteiger partial charge in [0, 0.05) is 43.8 Å². The standard InChI is InChI=1S/C14H19N5O2/c1-2-19-12(20)7-11(15)10-8-16-14(18-13(10)19)17-9-3-5-21-6-4-9/h7-9H,2-6,15H2,1H3,(H,16,17,18). The van der Waals surface area contributed by atoms with Gasteiger partial charge >= 0.3 is 0 Å². The third kappa shape index (κ3) is 2.69. The molecule has 7 nitrogen and oxygen atoms in total. The molecular weight excluding hydrogens is 270 g/mol. The molecule has 21 heavy (non-hydrogen) atoms. The number of aromatic nitrogens is 3. The first kappa shape index (κ1) is 13.8. The van der Waals surface area contributed by atoms with Crippen LogP contribution in [0.5, 0.6) is 0 Å². The van der Waals surface area contributed by atoms with Crippen molar-refractivity contribution < 1.29 is 4.74 Å². The van der Waals surface area contributed by atoms with Gasteiger partial charge in [0.05, 0.1) is 5.39 Å². The summed E-state index contributed by atoms with van der Waals surface area (Å²) in [6, 6.07) is 1.72. The van der Waals surface area contributed by atoms with Crippen molar-refractivity contribution in [1.29, 1.82) is 0 Å². The van der Waals surface area contributed by atoms with Crippen molar-refractivity contribution in [3.63, 3.8) is 0 Å². The number of rotatable bonds is 3. The maximum Gasteiger partial charge on any atom is 0.254 e. The molecule has 2 aromatic heterocycles. The van der Waals surface area contributed by atoms with E-state index in [1.807, 2.05) is 6.92 Å². The largest absolute Gasteiger partial charge is 0.398 e. The normalized spacial score (nSPS) is 16.2. The first-order chi connectivity index (χ1) is 10.2. The van der Waals surface area contributed by atoms with E-state index in [1.165, 1.54) is 6.07 Å². The van der Waals surface area contributed by atoms with E-state index >= 15 is 0 Å². The average Bonchev–Trinajstić information content (AvgIpc) is 2.48. The van der Waals surface area contributed by atoms with Gasteiger partial charge in [-0.25, -0.2) is 4.98 Å². The number of nitrogens with zero attached hydrogens (tertiary/aromatic N) is 3. The minimum absolute atomic E-state index is 0.141. The van der Waals surface area contributed by atoms with E-state index in [4.69, 9.17) is 10.5 Å². The van der Waals surface area contributed by atoms with E-state index in [-0.39, 0.29) is 5.56 Å². The van der Waals surface area contributed by atoms with Crippen LogP contribution >= 0.6 is 0 Å². The van der Waals surface area contributed by atoms with Gasteiger partial charge in [0.15, 0.2) is 0 Å². The molecule has 0 spiro atoms. The van der Waals surface area contributed by atoms with Gasteiger partial charge in [-0.05, 0) is 19.8 Å². The Bertz CT molecular complexity index is 706. The lowest BCUT2D eigenvalue weighted by Gasteiger charge is -2.23. The second-order valence-electron chi connectivity index (χ2n) is 5.14. The molecule has 0 aromatic carbocycles. The molecule has 3 N–H and O–H groups in total. The molecule has 0 amide bonds. The van der Waals surface area contributed by atoms with Crippen molar-refractivity contribution in [2.75, 3.05) is 24.3 Å². The second kappa shape index (κ2) is 5.69. The Morgan fingerprint density at radius 3 is 2.95 bits per heavy atom. The Labute approximate surface area is 122 Å². The van der Waals surface area contributed by atoms with Crippen molar-refractivity contribution in [3.8, 4) is 0 Å². The molecule has 0 radical (unpaired) electrons. The van der Waals surface area contributed by atoms with Crippen LogP contribution in [0, 0.1) is 0 Å². The third-order valence-corrected chi connectivity index (χ3v) is 3.75. The van der Waals surface area contributed by atoms with Crippen LogP contribution in [0.3, 0.4) is 0 Å². The van der Waals surface area contributed by atoms with Gasteiger partial charge < -0.3 is 15.8 Å². The molecule has 0 unspecified atom stereocenters. The topological polar surface area (TPSA) is 95.1 Å². The summed E-state index contributed by atoms with van der Waals surface area (Å²) in [5.41, 5.74) is 6.73. The minimum Gasteiger partial charge on any atom is -0.398 e. The van der Waals surface area contributed by atoms with Crippen LogP contribution in [0.25, 0.3) is 11.0 Å². The fourth-order valence-corrected chi connectivity index (χ4v) is 2.57. The van der Waals surface area contributed by atoms with Crippen LogP contribution in [-0.2, 0) is 11.3 Å². The summed E-state index contributed by atoms with van der Waals surface area (Å²) in [5, 5.41) is 4.01. The van der Waals surface area contributed by atoms with Crippen LogP contribution in [0.4, 0.5) is 11.6 Å². The maximum atomic E-state index is 12.0. The predicted molar refractivity (Wildman–Crippen MR) is 81.3 cm³/mol. The van der Waals surface area contributed by atoms with Crippen LogP contribution in [-0.4, -0.2) is 33.8 Å². The quantitative estimate of drug-likeness (QED) is 0.874. The van der Waals surface area contributed by atoms with Gasteiger partial charge in [0.2, 0.25) is 5.95 Å². The predicted octanol–water partition coefficient (Wildman–Crippen LogP) is 0.984. The lowest BCUT2D eigenvalue weighted by atomic mass is 10.1. The van der Waals surface area contributed by atoms with Gasteiger partial charge in [-0.3, -0.25) is 9.36 Å². The molecule has 3 rings (SSSR count). The highest BCUT2D eigenvalue weighted by atomic mass is 16.5. The lowest BCUT2D eigenvalue weighted by Crippen LogP contribution is -2.29. The summed E-state index contributed by atoms with van der Waals surface area (Å²) in [6.45, 7) is 3.95. The maximum absolute atomic E-state index is 12.0. The van der Waals surface area contributed by atoms with E-state index in [1.54, 1.807) is 10.8 Å². The molecule has 0 bridgehead atoms. The fourth-order valence-electron chi connectivity index (χ4n) is 2.57. The van der Waals surface area contributed by atoms with Crippen LogP contribution in [0.1, 0.15) is 19.8 Å². The van der Waals surface area contributed by atoms with Crippen molar-refractivity contribution in [3.05, 3.63) is 22.6 Å². The number of anilines is 2. The average molecular weight is 289 g/mol. The molecule has 0 aliphatic carbocycles. The zero-order valence-electron chi connectivity index (χ0n) is 12.0. The minimum atomic E-state index is -0.141. The zero-order valence-corrected chi connectivity index (χ0v) is 12.0. The van der Waals surface area contributed by atoms with Crippen LogP contribution in [0.2, 0.25) is 0 Å². The van der Waals surface area contributed by atoms with E-state index in [0.717, 1.165) is 26.1 Å². The molecule has 112 valence electrons. The SMILES string of the molecule is CCn1c(=O)cc(N)c2cnc(NC3CCOCC3)nc21. The van der Waals surface area contributed by atoms with Crippen molar-refractivity contribution in [1.82, 2.24) is 14.5 Å². The molecule has 1 aliphatic heterocycles. The molecule has 7 heteroatoms. The van der Waals surface area contributed by atoms with Gasteiger partial charge in [-0.2, -0.15) is 4.98 Å². The Morgan fingerprint density at radius 1 is 1.48 bits per heavy atom. The smallest absolute Gasteiger partial charge is 0.254 e. The number of fused-ring (bicyclic) bond motifs is 1. The number of hydrogen-bond acceptors (Lipinski definition) is 6. The highest BCUT2D eigenvalue weighted by molar-refractivity contribution is 5.87. The van der Waals surface area contributed by atoms with Gasteiger partial charge in [-0.1, -0.05) is 0 Å². The van der Waals surface area contributed by atoms with Crippen molar-refractivity contribution >= 4 is 22.7 Å². The zero-order chi connectivity index (χ0) is 14.8.